The molecule has 0 radical (unpaired) electrons. The first-order chi connectivity index (χ1) is 20.1. The molecule has 0 fully saturated rings. The van der Waals surface area contributed by atoms with E-state index in [-0.39, 0.29) is 36.4 Å². The predicted molar refractivity (Wildman–Crippen MR) is 137 cm³/mol. The van der Waals surface area contributed by atoms with E-state index in [2.05, 4.69) is 5.32 Å². The van der Waals surface area contributed by atoms with Crippen LogP contribution in [0.2, 0.25) is 0 Å². The minimum Gasteiger partial charge on any atom is -0.493 e. The van der Waals surface area contributed by atoms with Gasteiger partial charge in [0.15, 0.2) is 0 Å². The number of ether oxygens (including phenoxy) is 1. The molecule has 2 aromatic rings. The molecule has 0 aromatic heterocycles. The third kappa shape index (κ3) is 14.8. The highest BCUT2D eigenvalue weighted by molar-refractivity contribution is 6.33. The number of hydrogen-bond acceptors (Lipinski definition) is 8. The van der Waals surface area contributed by atoms with Gasteiger partial charge < -0.3 is 36.8 Å². The number of carbonyl (C=O) groups is 5. The van der Waals surface area contributed by atoms with Crippen molar-refractivity contribution in [2.45, 2.75) is 25.2 Å². The van der Waals surface area contributed by atoms with Crippen molar-refractivity contribution in [2.24, 2.45) is 11.5 Å². The van der Waals surface area contributed by atoms with Crippen molar-refractivity contribution < 1.29 is 70.4 Å². The van der Waals surface area contributed by atoms with Crippen LogP contribution >= 0.6 is 0 Å². The fourth-order valence-corrected chi connectivity index (χ4v) is 2.46. The van der Waals surface area contributed by atoms with Crippen LogP contribution in [0.25, 0.3) is 0 Å². The Morgan fingerprint density at radius 1 is 0.773 bits per heavy atom. The molecule has 0 saturated heterocycles. The number of carbonyl (C=O) groups excluding carboxylic acids is 2. The Labute approximate surface area is 242 Å². The monoisotopic (exact) mass is 639 g/mol. The molecule has 0 saturated carbocycles. The number of carboxylic acid groups (broad SMARTS) is 3. The lowest BCUT2D eigenvalue weighted by Gasteiger charge is -2.13. The van der Waals surface area contributed by atoms with Crippen LogP contribution in [0.5, 0.6) is 5.75 Å². The quantitative estimate of drug-likeness (QED) is 0.0807. The van der Waals surface area contributed by atoms with Gasteiger partial charge in [-0.25, -0.2) is 14.4 Å². The number of halogens is 6. The third-order valence-electron chi connectivity index (χ3n) is 4.52. The topological polar surface area (TPSA) is 267 Å². The molecular weight excluding hydrogens is 616 g/mol. The van der Waals surface area contributed by atoms with Gasteiger partial charge in [0.2, 0.25) is 11.7 Å². The van der Waals surface area contributed by atoms with Crippen molar-refractivity contribution in [1.29, 1.82) is 10.8 Å². The van der Waals surface area contributed by atoms with Crippen LogP contribution in [0.3, 0.4) is 0 Å². The average Bonchev–Trinajstić information content (AvgIpc) is 2.89. The van der Waals surface area contributed by atoms with Gasteiger partial charge in [-0.1, -0.05) is 12.1 Å². The first-order valence-electron chi connectivity index (χ1n) is 11.3. The van der Waals surface area contributed by atoms with Crippen LogP contribution in [-0.4, -0.2) is 75.5 Å². The average molecular weight is 639 g/mol. The lowest BCUT2D eigenvalue weighted by atomic mass is 10.0. The normalized spacial score (nSPS) is 10.5. The van der Waals surface area contributed by atoms with E-state index in [1.165, 1.54) is 18.2 Å². The van der Waals surface area contributed by atoms with Gasteiger partial charge >= 0.3 is 30.3 Å². The molecule has 44 heavy (non-hydrogen) atoms. The standard InChI is InChI=1S/C20H21N5O5.2C2HF3O2/c21-18(22)11-3-5-14(6-4-11)25-17(27)7-8-30-16-10-13(19(23)24)2-1-12(16)9-15(26)20(28)29;2*3-2(4,5)1(6)7/h1-6,10H,7-9H2,(H3,21,22)(H3,23,24)(H,25,27)(H,28,29);2*(H,6,7). The summed E-state index contributed by atoms with van der Waals surface area (Å²) in [6.45, 7) is -0.0486. The highest BCUT2D eigenvalue weighted by Crippen LogP contribution is 2.22. The molecule has 20 heteroatoms. The van der Waals surface area contributed by atoms with E-state index >= 15 is 0 Å². The van der Waals surface area contributed by atoms with Gasteiger partial charge in [0.25, 0.3) is 0 Å². The number of rotatable bonds is 10. The highest BCUT2D eigenvalue weighted by Gasteiger charge is 2.38. The van der Waals surface area contributed by atoms with E-state index in [4.69, 9.17) is 51.9 Å². The molecule has 0 unspecified atom stereocenters. The summed E-state index contributed by atoms with van der Waals surface area (Å²) in [5.41, 5.74) is 12.5. The summed E-state index contributed by atoms with van der Waals surface area (Å²) in [5, 5.41) is 40.6. The lowest BCUT2D eigenvalue weighted by Crippen LogP contribution is -2.21. The number of carboxylic acids is 3. The predicted octanol–water partition coefficient (Wildman–Crippen LogP) is 2.13. The summed E-state index contributed by atoms with van der Waals surface area (Å²) in [6, 6.07) is 10.8. The number of anilines is 1. The molecule has 0 spiro atoms. The number of Topliss-reactive ketones (excluding diaryl/α,β-unsaturated/α-hetero) is 1. The van der Waals surface area contributed by atoms with E-state index < -0.39 is 42.5 Å². The number of benzene rings is 2. The second-order valence-electron chi connectivity index (χ2n) is 7.88. The SMILES string of the molecule is N=C(N)c1ccc(NC(=O)CCOc2cc(C(=N)N)ccc2CC(=O)C(=O)O)cc1.O=C(O)C(F)(F)F.O=C(O)C(F)(F)F. The number of aliphatic carboxylic acids is 3. The van der Waals surface area contributed by atoms with Gasteiger partial charge in [0.05, 0.1) is 13.0 Å². The van der Waals surface area contributed by atoms with Gasteiger partial charge in [-0.3, -0.25) is 20.4 Å². The molecule has 10 N–H and O–H groups in total. The van der Waals surface area contributed by atoms with Crippen molar-refractivity contribution in [3.05, 3.63) is 59.2 Å². The third-order valence-corrected chi connectivity index (χ3v) is 4.52. The Balaban J connectivity index is 0.00000109. The number of nitrogen functional groups attached to an aromatic ring is 2. The molecule has 0 aliphatic rings. The molecule has 14 nitrogen and oxygen atoms in total. The number of ketones is 1. The maximum Gasteiger partial charge on any atom is 0.490 e. The molecular formula is C24H23F6N5O9. The van der Waals surface area contributed by atoms with E-state index in [1.807, 2.05) is 0 Å². The summed E-state index contributed by atoms with van der Waals surface area (Å²) in [7, 11) is 0. The first-order valence-corrected chi connectivity index (χ1v) is 11.3. The molecule has 2 aromatic carbocycles. The van der Waals surface area contributed by atoms with Crippen LogP contribution in [-0.2, 0) is 30.4 Å². The summed E-state index contributed by atoms with van der Waals surface area (Å²) in [6.07, 6.45) is -10.6. The number of hydrogen-bond donors (Lipinski definition) is 8. The lowest BCUT2D eigenvalue weighted by molar-refractivity contribution is -0.193. The van der Waals surface area contributed by atoms with Crippen molar-refractivity contribution in [2.75, 3.05) is 11.9 Å². The minimum atomic E-state index is -5.08. The molecule has 240 valence electrons. The van der Waals surface area contributed by atoms with Crippen molar-refractivity contribution in [1.82, 2.24) is 0 Å². The molecule has 0 aliphatic heterocycles. The van der Waals surface area contributed by atoms with E-state index in [0.717, 1.165) is 0 Å². The van der Waals surface area contributed by atoms with Gasteiger partial charge in [0, 0.05) is 28.8 Å². The van der Waals surface area contributed by atoms with Gasteiger partial charge in [-0.05, 0) is 30.3 Å². The number of alkyl halides is 6. The Morgan fingerprint density at radius 2 is 1.20 bits per heavy atom. The second kappa shape index (κ2) is 16.7. The van der Waals surface area contributed by atoms with Crippen LogP contribution in [0.15, 0.2) is 42.5 Å². The smallest absolute Gasteiger partial charge is 0.490 e. The summed E-state index contributed by atoms with van der Waals surface area (Å²) in [4.78, 5) is 52.2. The number of amides is 1. The molecule has 0 bridgehead atoms. The first kappa shape index (κ1) is 38.3. The molecule has 2 rings (SSSR count). The van der Waals surface area contributed by atoms with Crippen LogP contribution in [0.4, 0.5) is 32.0 Å². The Kier molecular flexibility index (Phi) is 14.5. The van der Waals surface area contributed by atoms with Crippen LogP contribution in [0, 0.1) is 10.8 Å². The van der Waals surface area contributed by atoms with Gasteiger partial charge in [0.1, 0.15) is 17.4 Å². The van der Waals surface area contributed by atoms with E-state index in [9.17, 15) is 40.7 Å². The number of amidine groups is 2. The number of nitrogens with one attached hydrogen (secondary N) is 3. The van der Waals surface area contributed by atoms with E-state index in [0.29, 0.717) is 22.4 Å². The second-order valence-corrected chi connectivity index (χ2v) is 7.88. The zero-order chi connectivity index (χ0) is 34.4. The fourth-order valence-electron chi connectivity index (χ4n) is 2.46. The maximum absolute atomic E-state index is 12.1. The summed E-state index contributed by atoms with van der Waals surface area (Å²) in [5.74, 6) is -8.55. The van der Waals surface area contributed by atoms with Crippen molar-refractivity contribution in [3.8, 4) is 5.75 Å². The molecule has 1 amide bonds. The Morgan fingerprint density at radius 3 is 1.59 bits per heavy atom. The van der Waals surface area contributed by atoms with Crippen molar-refractivity contribution >= 4 is 47.0 Å². The van der Waals surface area contributed by atoms with Crippen LogP contribution in [0.1, 0.15) is 23.1 Å². The highest BCUT2D eigenvalue weighted by atomic mass is 19.4. The molecule has 0 heterocycles. The zero-order valence-corrected chi connectivity index (χ0v) is 21.9. The van der Waals surface area contributed by atoms with Crippen LogP contribution < -0.4 is 21.5 Å². The molecule has 0 atom stereocenters. The largest absolute Gasteiger partial charge is 0.493 e. The minimum absolute atomic E-state index is 0.0227. The summed E-state index contributed by atoms with van der Waals surface area (Å²) < 4.78 is 69.0. The van der Waals surface area contributed by atoms with Gasteiger partial charge in [-0.2, -0.15) is 26.3 Å². The Hall–Kier alpha value is -5.69. The zero-order valence-electron chi connectivity index (χ0n) is 21.9. The van der Waals surface area contributed by atoms with Crippen molar-refractivity contribution in [3.63, 3.8) is 0 Å². The fraction of sp³-hybridized carbons (Fsp3) is 0.208. The maximum atomic E-state index is 12.1. The Bertz CT molecular complexity index is 1370. The van der Waals surface area contributed by atoms with E-state index in [1.54, 1.807) is 24.3 Å². The molecule has 0 aliphatic carbocycles. The summed E-state index contributed by atoms with van der Waals surface area (Å²) >= 11 is 0. The van der Waals surface area contributed by atoms with Gasteiger partial charge in [-0.15, -0.1) is 0 Å². The number of nitrogens with two attached hydrogens (primary N) is 2.